The number of benzene rings is 2. The van der Waals surface area contributed by atoms with E-state index >= 15 is 0 Å². The maximum absolute atomic E-state index is 8.94. The first-order chi connectivity index (χ1) is 8.70. The standard InChI is InChI=1S/C14H9Cl2NO/c15-12-5-6-13(16)11(7-12)9-18-14-4-2-1-3-10(14)8-17/h1-7H,9H2. The Balaban J connectivity index is 2.17. The molecule has 2 nitrogen and oxygen atoms in total. The molecule has 0 aromatic heterocycles. The van der Waals surface area contributed by atoms with Crippen LogP contribution in [0.5, 0.6) is 5.75 Å². The molecule has 18 heavy (non-hydrogen) atoms. The summed E-state index contributed by atoms with van der Waals surface area (Å²) in [5, 5.41) is 10.1. The molecule has 2 rings (SSSR count). The predicted molar refractivity (Wildman–Crippen MR) is 72.0 cm³/mol. The van der Waals surface area contributed by atoms with Crippen molar-refractivity contribution in [3.63, 3.8) is 0 Å². The number of nitriles is 1. The van der Waals surface area contributed by atoms with E-state index in [0.29, 0.717) is 21.4 Å². The molecule has 0 spiro atoms. The summed E-state index contributed by atoms with van der Waals surface area (Å²) in [6.07, 6.45) is 0. The average Bonchev–Trinajstić information content (AvgIpc) is 2.40. The Labute approximate surface area is 115 Å². The van der Waals surface area contributed by atoms with Crippen LogP contribution < -0.4 is 4.74 Å². The Morgan fingerprint density at radius 3 is 2.67 bits per heavy atom. The number of hydrogen-bond acceptors (Lipinski definition) is 2. The third-order valence-electron chi connectivity index (χ3n) is 2.40. The van der Waals surface area contributed by atoms with E-state index < -0.39 is 0 Å². The second kappa shape index (κ2) is 5.77. The van der Waals surface area contributed by atoms with Crippen LogP contribution in [0.1, 0.15) is 11.1 Å². The summed E-state index contributed by atoms with van der Waals surface area (Å²) in [5.74, 6) is 0.538. The topological polar surface area (TPSA) is 33.0 Å². The van der Waals surface area contributed by atoms with E-state index in [4.69, 9.17) is 33.2 Å². The number of ether oxygens (including phenoxy) is 1. The molecule has 0 saturated heterocycles. The summed E-state index contributed by atoms with van der Waals surface area (Å²) in [4.78, 5) is 0. The van der Waals surface area contributed by atoms with Gasteiger partial charge in [0.15, 0.2) is 0 Å². The Kier molecular flexibility index (Phi) is 4.09. The highest BCUT2D eigenvalue weighted by atomic mass is 35.5. The van der Waals surface area contributed by atoms with E-state index in [1.807, 2.05) is 6.07 Å². The van der Waals surface area contributed by atoms with Gasteiger partial charge in [-0.15, -0.1) is 0 Å². The zero-order valence-corrected chi connectivity index (χ0v) is 10.9. The molecule has 0 fully saturated rings. The quantitative estimate of drug-likeness (QED) is 0.831. The van der Waals surface area contributed by atoms with Crippen molar-refractivity contribution in [1.29, 1.82) is 5.26 Å². The summed E-state index contributed by atoms with van der Waals surface area (Å²) in [5.41, 5.74) is 1.28. The van der Waals surface area contributed by atoms with Crippen LogP contribution in [0.25, 0.3) is 0 Å². The summed E-state index contributed by atoms with van der Waals surface area (Å²) >= 11 is 11.9. The number of nitrogens with zero attached hydrogens (tertiary/aromatic N) is 1. The van der Waals surface area contributed by atoms with Gasteiger partial charge in [-0.2, -0.15) is 5.26 Å². The van der Waals surface area contributed by atoms with E-state index in [-0.39, 0.29) is 6.61 Å². The molecule has 0 atom stereocenters. The molecular formula is C14H9Cl2NO. The maximum Gasteiger partial charge on any atom is 0.137 e. The van der Waals surface area contributed by atoms with E-state index in [9.17, 15) is 0 Å². The highest BCUT2D eigenvalue weighted by Crippen LogP contribution is 2.23. The van der Waals surface area contributed by atoms with Gasteiger partial charge in [-0.25, -0.2) is 0 Å². The zero-order valence-electron chi connectivity index (χ0n) is 9.36. The summed E-state index contributed by atoms with van der Waals surface area (Å²) in [7, 11) is 0. The largest absolute Gasteiger partial charge is 0.487 e. The normalized spacial score (nSPS) is 9.83. The molecule has 0 aliphatic rings. The smallest absolute Gasteiger partial charge is 0.137 e. The SMILES string of the molecule is N#Cc1ccccc1OCc1cc(Cl)ccc1Cl. The van der Waals surface area contributed by atoms with Crippen molar-refractivity contribution in [2.75, 3.05) is 0 Å². The lowest BCUT2D eigenvalue weighted by molar-refractivity contribution is 0.305. The van der Waals surface area contributed by atoms with Gasteiger partial charge in [-0.05, 0) is 30.3 Å². The van der Waals surface area contributed by atoms with Gasteiger partial charge in [-0.1, -0.05) is 35.3 Å². The van der Waals surface area contributed by atoms with E-state index in [2.05, 4.69) is 6.07 Å². The number of halogens is 2. The van der Waals surface area contributed by atoms with Crippen molar-refractivity contribution in [2.45, 2.75) is 6.61 Å². The van der Waals surface area contributed by atoms with Gasteiger partial charge < -0.3 is 4.74 Å². The van der Waals surface area contributed by atoms with Crippen molar-refractivity contribution in [3.8, 4) is 11.8 Å². The second-order valence-electron chi connectivity index (χ2n) is 3.63. The molecule has 0 unspecified atom stereocenters. The van der Waals surface area contributed by atoms with Crippen LogP contribution >= 0.6 is 23.2 Å². The second-order valence-corrected chi connectivity index (χ2v) is 4.48. The monoisotopic (exact) mass is 277 g/mol. The summed E-state index contributed by atoms with van der Waals surface area (Å²) in [6.45, 7) is 0.276. The maximum atomic E-state index is 8.94. The first-order valence-electron chi connectivity index (χ1n) is 5.26. The van der Waals surface area contributed by atoms with Crippen LogP contribution in [0.15, 0.2) is 42.5 Å². The van der Waals surface area contributed by atoms with Gasteiger partial charge in [0.05, 0.1) is 5.56 Å². The minimum absolute atomic E-state index is 0.276. The predicted octanol–water partition coefficient (Wildman–Crippen LogP) is 4.44. The van der Waals surface area contributed by atoms with Gasteiger partial charge in [0.2, 0.25) is 0 Å². The molecule has 4 heteroatoms. The Bertz CT molecular complexity index is 605. The number of hydrogen-bond donors (Lipinski definition) is 0. The van der Waals surface area contributed by atoms with Crippen LogP contribution in [0.2, 0.25) is 10.0 Å². The fourth-order valence-corrected chi connectivity index (χ4v) is 1.86. The van der Waals surface area contributed by atoms with Crippen molar-refractivity contribution < 1.29 is 4.74 Å². The fraction of sp³-hybridized carbons (Fsp3) is 0.0714. The van der Waals surface area contributed by atoms with Crippen LogP contribution in [0.4, 0.5) is 0 Å². The molecule has 0 saturated carbocycles. The fourth-order valence-electron chi connectivity index (χ4n) is 1.49. The summed E-state index contributed by atoms with van der Waals surface area (Å²) < 4.78 is 5.58. The van der Waals surface area contributed by atoms with Gasteiger partial charge in [0, 0.05) is 15.6 Å². The molecule has 2 aromatic carbocycles. The van der Waals surface area contributed by atoms with E-state index in [1.54, 1.807) is 36.4 Å². The Morgan fingerprint density at radius 2 is 1.89 bits per heavy atom. The molecular weight excluding hydrogens is 269 g/mol. The average molecular weight is 278 g/mol. The third kappa shape index (κ3) is 2.95. The van der Waals surface area contributed by atoms with Crippen LogP contribution in [-0.2, 0) is 6.61 Å². The van der Waals surface area contributed by atoms with Crippen LogP contribution in [0.3, 0.4) is 0 Å². The minimum atomic E-state index is 0.276. The van der Waals surface area contributed by atoms with E-state index in [1.165, 1.54) is 0 Å². The lowest BCUT2D eigenvalue weighted by Crippen LogP contribution is -1.98. The first-order valence-corrected chi connectivity index (χ1v) is 6.02. The number of rotatable bonds is 3. The van der Waals surface area contributed by atoms with Crippen LogP contribution in [-0.4, -0.2) is 0 Å². The van der Waals surface area contributed by atoms with Gasteiger partial charge in [0.1, 0.15) is 18.4 Å². The third-order valence-corrected chi connectivity index (χ3v) is 3.00. The van der Waals surface area contributed by atoms with Gasteiger partial charge in [-0.3, -0.25) is 0 Å². The molecule has 2 aromatic rings. The Morgan fingerprint density at radius 1 is 1.11 bits per heavy atom. The molecule has 0 bridgehead atoms. The summed E-state index contributed by atoms with van der Waals surface area (Å²) in [6, 6.07) is 14.3. The highest BCUT2D eigenvalue weighted by molar-refractivity contribution is 6.33. The zero-order chi connectivity index (χ0) is 13.0. The first kappa shape index (κ1) is 12.8. The number of para-hydroxylation sites is 1. The van der Waals surface area contributed by atoms with Crippen molar-refractivity contribution in [1.82, 2.24) is 0 Å². The van der Waals surface area contributed by atoms with Crippen molar-refractivity contribution in [3.05, 3.63) is 63.6 Å². The minimum Gasteiger partial charge on any atom is -0.487 e. The molecule has 0 radical (unpaired) electrons. The van der Waals surface area contributed by atoms with E-state index in [0.717, 1.165) is 5.56 Å². The van der Waals surface area contributed by atoms with Gasteiger partial charge in [0.25, 0.3) is 0 Å². The molecule has 0 aliphatic carbocycles. The molecule has 0 amide bonds. The molecule has 90 valence electrons. The lowest BCUT2D eigenvalue weighted by atomic mass is 10.2. The van der Waals surface area contributed by atoms with Crippen LogP contribution in [0, 0.1) is 11.3 Å². The lowest BCUT2D eigenvalue weighted by Gasteiger charge is -2.09. The van der Waals surface area contributed by atoms with Crippen molar-refractivity contribution >= 4 is 23.2 Å². The van der Waals surface area contributed by atoms with Crippen molar-refractivity contribution in [2.24, 2.45) is 0 Å². The molecule has 0 aliphatic heterocycles. The Hall–Kier alpha value is -1.69. The van der Waals surface area contributed by atoms with Gasteiger partial charge >= 0.3 is 0 Å². The highest BCUT2D eigenvalue weighted by Gasteiger charge is 2.05. The molecule has 0 N–H and O–H groups in total. The molecule has 0 heterocycles.